The Bertz CT molecular complexity index is 2130. The van der Waals surface area contributed by atoms with Crippen molar-refractivity contribution >= 4 is 46.3 Å². The van der Waals surface area contributed by atoms with Crippen molar-refractivity contribution in [1.82, 2.24) is 34.9 Å². The number of carbonyl (C=O) groups excluding carboxylic acids is 3. The number of hydrogen-bond acceptors (Lipinski definition) is 10. The summed E-state index contributed by atoms with van der Waals surface area (Å²) >= 11 is 1.78. The van der Waals surface area contributed by atoms with Gasteiger partial charge in [0.05, 0.1) is 11.4 Å². The van der Waals surface area contributed by atoms with Gasteiger partial charge in [-0.15, -0.1) is 11.8 Å². The molecular weight excluding hydrogens is 689 g/mol. The van der Waals surface area contributed by atoms with Crippen LogP contribution in [0, 0.1) is 0 Å². The van der Waals surface area contributed by atoms with E-state index >= 15 is 0 Å². The molecule has 5 heterocycles. The van der Waals surface area contributed by atoms with Crippen molar-refractivity contribution < 1.29 is 19.1 Å². The lowest BCUT2D eigenvalue weighted by molar-refractivity contribution is -0.136. The van der Waals surface area contributed by atoms with Crippen LogP contribution in [0.25, 0.3) is 22.3 Å². The lowest BCUT2D eigenvalue weighted by Crippen LogP contribution is -2.52. The average molecular weight is 731 g/mol. The first-order valence-corrected chi connectivity index (χ1v) is 19.4. The molecule has 0 spiro atoms. The highest BCUT2D eigenvalue weighted by molar-refractivity contribution is 7.99. The van der Waals surface area contributed by atoms with Crippen LogP contribution in [0.2, 0.25) is 0 Å². The maximum Gasteiger partial charge on any atom is 0.255 e. The molecule has 272 valence electrons. The molecule has 13 heteroatoms. The molecule has 5 aromatic rings. The van der Waals surface area contributed by atoms with Crippen molar-refractivity contribution in [2.45, 2.75) is 68.5 Å². The number of ether oxygens (including phenoxy) is 1. The van der Waals surface area contributed by atoms with Crippen molar-refractivity contribution in [1.29, 1.82) is 0 Å². The standard InChI is InChI=1S/C40H42N8O4S/c41-37-35-36(26-12-14-29(15-13-26)52-28-8-3-1-4-9-28)45-48(38(35)43-25-42-37)27-18-21-46(22-19-27)20-5-2-6-23-53-33-11-7-10-30-31(33)24-47(40(30)51)32-16-17-34(49)44-39(32)50/h1,3-4,7-15,25,27,32H,2,5-6,16-24H2,(H2,41,42,43)(H,44,49,50). The fourth-order valence-electron chi connectivity index (χ4n) is 7.63. The van der Waals surface area contributed by atoms with Gasteiger partial charge in [0.1, 0.15) is 35.4 Å². The van der Waals surface area contributed by atoms with Gasteiger partial charge in [-0.25, -0.2) is 14.6 Å². The first kappa shape index (κ1) is 34.8. The summed E-state index contributed by atoms with van der Waals surface area (Å²) in [7, 11) is 0. The SMILES string of the molecule is Nc1ncnc2c1c(-c1ccc(Oc3ccccc3)cc1)nn2C1CCN(CCCCCSc2cccc3c2CN(C2CCC(=O)NC2=O)C3=O)CC1. The van der Waals surface area contributed by atoms with Gasteiger partial charge in [0.2, 0.25) is 11.8 Å². The summed E-state index contributed by atoms with van der Waals surface area (Å²) in [5.41, 5.74) is 10.6. The Kier molecular flexibility index (Phi) is 10.1. The molecule has 1 atom stereocenters. The number of hydrogen-bond donors (Lipinski definition) is 2. The lowest BCUT2D eigenvalue weighted by Gasteiger charge is -2.32. The molecule has 12 nitrogen and oxygen atoms in total. The summed E-state index contributed by atoms with van der Waals surface area (Å²) in [5.74, 6) is 2.15. The number of likely N-dealkylation sites (tertiary alicyclic amines) is 1. The number of nitrogens with zero attached hydrogens (tertiary/aromatic N) is 6. The molecule has 3 aromatic carbocycles. The molecule has 8 rings (SSSR count). The monoisotopic (exact) mass is 730 g/mol. The summed E-state index contributed by atoms with van der Waals surface area (Å²) in [5, 5.41) is 8.25. The Morgan fingerprint density at radius 1 is 0.868 bits per heavy atom. The molecule has 0 bridgehead atoms. The van der Waals surface area contributed by atoms with Crippen LogP contribution in [-0.4, -0.2) is 78.7 Å². The highest BCUT2D eigenvalue weighted by Gasteiger charge is 2.39. The van der Waals surface area contributed by atoms with Gasteiger partial charge in [0.15, 0.2) is 5.65 Å². The van der Waals surface area contributed by atoms with Gasteiger partial charge in [0.25, 0.3) is 5.91 Å². The van der Waals surface area contributed by atoms with E-state index in [-0.39, 0.29) is 30.2 Å². The van der Waals surface area contributed by atoms with E-state index in [0.29, 0.717) is 24.3 Å². The molecule has 2 saturated heterocycles. The van der Waals surface area contributed by atoms with Crippen molar-refractivity contribution in [2.24, 2.45) is 0 Å². The Labute approximate surface area is 312 Å². The van der Waals surface area contributed by atoms with Gasteiger partial charge in [0, 0.05) is 42.1 Å². The number of rotatable bonds is 12. The summed E-state index contributed by atoms with van der Waals surface area (Å²) in [6.45, 7) is 3.46. The maximum absolute atomic E-state index is 13.2. The molecule has 2 fully saturated rings. The van der Waals surface area contributed by atoms with Crippen molar-refractivity contribution in [3.63, 3.8) is 0 Å². The zero-order chi connectivity index (χ0) is 36.3. The van der Waals surface area contributed by atoms with Crippen molar-refractivity contribution in [3.8, 4) is 22.8 Å². The first-order valence-electron chi connectivity index (χ1n) is 18.4. The quantitative estimate of drug-likeness (QED) is 0.0860. The van der Waals surface area contributed by atoms with Gasteiger partial charge < -0.3 is 20.3 Å². The zero-order valence-electron chi connectivity index (χ0n) is 29.4. The van der Waals surface area contributed by atoms with Crippen LogP contribution in [0.5, 0.6) is 11.5 Å². The number of para-hydroxylation sites is 1. The smallest absolute Gasteiger partial charge is 0.255 e. The Hall–Kier alpha value is -5.27. The molecule has 1 unspecified atom stereocenters. The van der Waals surface area contributed by atoms with E-state index in [0.717, 1.165) is 102 Å². The fraction of sp³-hybridized carbons (Fsp3) is 0.350. The topological polar surface area (TPSA) is 149 Å². The minimum Gasteiger partial charge on any atom is -0.457 e. The third-order valence-corrected chi connectivity index (χ3v) is 11.6. The number of carbonyl (C=O) groups is 3. The Morgan fingerprint density at radius 2 is 1.66 bits per heavy atom. The number of benzene rings is 3. The lowest BCUT2D eigenvalue weighted by atomic mass is 10.0. The van der Waals surface area contributed by atoms with Gasteiger partial charge >= 0.3 is 0 Å². The number of nitrogens with one attached hydrogen (secondary N) is 1. The van der Waals surface area contributed by atoms with Gasteiger partial charge in [-0.05, 0) is 98.5 Å². The van der Waals surface area contributed by atoms with Gasteiger partial charge in [-0.2, -0.15) is 5.10 Å². The highest BCUT2D eigenvalue weighted by atomic mass is 32.2. The minimum atomic E-state index is -0.593. The van der Waals surface area contributed by atoms with Crippen molar-refractivity contribution in [2.75, 3.05) is 31.1 Å². The van der Waals surface area contributed by atoms with E-state index in [1.165, 1.54) is 6.33 Å². The normalized spacial score (nSPS) is 18.1. The number of thioether (sulfide) groups is 1. The number of nitrogen functional groups attached to an aromatic ring is 1. The maximum atomic E-state index is 13.2. The highest BCUT2D eigenvalue weighted by Crippen LogP contribution is 2.37. The second kappa shape index (κ2) is 15.4. The van der Waals surface area contributed by atoms with Crippen LogP contribution in [0.1, 0.15) is 66.9 Å². The van der Waals surface area contributed by atoms with Crippen LogP contribution in [0.4, 0.5) is 5.82 Å². The average Bonchev–Trinajstić information content (AvgIpc) is 3.73. The van der Waals surface area contributed by atoms with E-state index < -0.39 is 6.04 Å². The second-order valence-corrected chi connectivity index (χ2v) is 15.0. The predicted octanol–water partition coefficient (Wildman–Crippen LogP) is 6.23. The van der Waals surface area contributed by atoms with Crippen LogP contribution in [0.3, 0.4) is 0 Å². The molecule has 3 aliphatic rings. The largest absolute Gasteiger partial charge is 0.457 e. The van der Waals surface area contributed by atoms with E-state index in [9.17, 15) is 14.4 Å². The predicted molar refractivity (Wildman–Crippen MR) is 203 cm³/mol. The fourth-order valence-corrected chi connectivity index (χ4v) is 8.73. The summed E-state index contributed by atoms with van der Waals surface area (Å²) < 4.78 is 8.05. The molecule has 3 N–H and O–H groups in total. The number of fused-ring (bicyclic) bond motifs is 2. The molecule has 0 aliphatic carbocycles. The number of aromatic nitrogens is 4. The number of amides is 3. The third kappa shape index (κ3) is 7.36. The Morgan fingerprint density at radius 3 is 2.45 bits per heavy atom. The van der Waals surface area contributed by atoms with Crippen LogP contribution < -0.4 is 15.8 Å². The van der Waals surface area contributed by atoms with E-state index in [2.05, 4.69) is 30.9 Å². The second-order valence-electron chi connectivity index (χ2n) is 13.9. The molecule has 3 aliphatic heterocycles. The molecule has 53 heavy (non-hydrogen) atoms. The van der Waals surface area contributed by atoms with E-state index in [4.69, 9.17) is 15.6 Å². The molecule has 2 aromatic heterocycles. The number of imide groups is 1. The Balaban J connectivity index is 0.817. The summed E-state index contributed by atoms with van der Waals surface area (Å²) in [6, 6.07) is 23.1. The van der Waals surface area contributed by atoms with Crippen molar-refractivity contribution in [3.05, 3.63) is 90.3 Å². The van der Waals surface area contributed by atoms with Crippen LogP contribution in [0.15, 0.2) is 84.0 Å². The number of nitrogens with two attached hydrogens (primary N) is 1. The summed E-state index contributed by atoms with van der Waals surface area (Å²) in [6.07, 6.45) is 7.44. The zero-order valence-corrected chi connectivity index (χ0v) is 30.3. The van der Waals surface area contributed by atoms with Crippen LogP contribution >= 0.6 is 11.8 Å². The number of anilines is 1. The molecule has 0 radical (unpaired) electrons. The minimum absolute atomic E-state index is 0.126. The number of piperidine rings is 2. The van der Waals surface area contributed by atoms with E-state index in [1.54, 1.807) is 16.7 Å². The van der Waals surface area contributed by atoms with Gasteiger partial charge in [-0.3, -0.25) is 19.7 Å². The van der Waals surface area contributed by atoms with E-state index in [1.807, 2.05) is 66.7 Å². The number of unbranched alkanes of at least 4 members (excludes halogenated alkanes) is 2. The third-order valence-electron chi connectivity index (χ3n) is 10.4. The molecule has 3 amide bonds. The summed E-state index contributed by atoms with van der Waals surface area (Å²) in [4.78, 5) is 51.4. The van der Waals surface area contributed by atoms with Crippen LogP contribution in [-0.2, 0) is 16.1 Å². The first-order chi connectivity index (χ1) is 25.9. The van der Waals surface area contributed by atoms with Gasteiger partial charge in [-0.1, -0.05) is 30.7 Å². The molecule has 0 saturated carbocycles. The molecular formula is C40H42N8O4S.